The zero-order valence-electron chi connectivity index (χ0n) is 17.8. The average Bonchev–Trinajstić information content (AvgIpc) is 2.73. The topological polar surface area (TPSA) is 139 Å². The van der Waals surface area contributed by atoms with Crippen molar-refractivity contribution in [1.82, 2.24) is 9.88 Å². The molecule has 0 fully saturated rings. The molecule has 2 aromatic rings. The van der Waals surface area contributed by atoms with Crippen molar-refractivity contribution in [2.75, 3.05) is 18.9 Å². The number of amides is 1. The molecule has 3 rings (SSSR count). The Morgan fingerprint density at radius 3 is 2.58 bits per heavy atom. The molecular weight excluding hydrogens is 400 g/mol. The molecule has 1 aliphatic heterocycles. The van der Waals surface area contributed by atoms with Crippen molar-refractivity contribution in [1.29, 1.82) is 5.26 Å². The molecule has 2 heterocycles. The molecule has 1 aliphatic rings. The number of rotatable bonds is 4. The molecule has 9 nitrogen and oxygen atoms in total. The minimum Gasteiger partial charge on any atom is -0.491 e. The number of hydrogen-bond acceptors (Lipinski definition) is 7. The third kappa shape index (κ3) is 5.63. The second-order valence-corrected chi connectivity index (χ2v) is 6.95. The maximum absolute atomic E-state index is 12.2. The van der Waals surface area contributed by atoms with Crippen LogP contribution in [0.25, 0.3) is 11.1 Å². The standard InChI is InChI=1S/C21H24N4O3.CH2O2/c1-4-27-21(26)25-10-9-18-17(12-25)19(16(11-22)20(23)24-18)14-5-7-15(8-6-14)28-13(2)3;2-1-3/h5-8,13H,4,9-10,12H2,1-3H3,(H2,23,24);1H,(H,2,3). The SMILES string of the molecule is CCOC(=O)N1CCc2nc(N)c(C#N)c(-c3ccc(OC(C)C)cc3)c2C1.O=CO. The van der Waals surface area contributed by atoms with Crippen LogP contribution in [0.4, 0.5) is 10.6 Å². The maximum atomic E-state index is 12.2. The molecule has 164 valence electrons. The van der Waals surface area contributed by atoms with Gasteiger partial charge in [-0.1, -0.05) is 12.1 Å². The number of carbonyl (C=O) groups excluding carboxylic acids is 1. The number of nitrogens with zero attached hydrogens (tertiary/aromatic N) is 3. The lowest BCUT2D eigenvalue weighted by Gasteiger charge is -2.29. The number of nitriles is 1. The van der Waals surface area contributed by atoms with Crippen molar-refractivity contribution < 1.29 is 24.2 Å². The summed E-state index contributed by atoms with van der Waals surface area (Å²) < 4.78 is 10.8. The first-order chi connectivity index (χ1) is 14.9. The highest BCUT2D eigenvalue weighted by atomic mass is 16.6. The summed E-state index contributed by atoms with van der Waals surface area (Å²) in [5.74, 6) is 0.963. The number of ether oxygens (including phenoxy) is 2. The highest BCUT2D eigenvalue weighted by Gasteiger charge is 2.28. The van der Waals surface area contributed by atoms with Crippen LogP contribution in [0, 0.1) is 11.3 Å². The first-order valence-electron chi connectivity index (χ1n) is 9.84. The van der Waals surface area contributed by atoms with Crippen LogP contribution in [-0.2, 0) is 22.5 Å². The fourth-order valence-corrected chi connectivity index (χ4v) is 3.35. The van der Waals surface area contributed by atoms with Crippen LogP contribution in [0.2, 0.25) is 0 Å². The van der Waals surface area contributed by atoms with E-state index < -0.39 is 0 Å². The van der Waals surface area contributed by atoms with Crippen LogP contribution in [0.1, 0.15) is 37.6 Å². The van der Waals surface area contributed by atoms with Crippen LogP contribution >= 0.6 is 0 Å². The van der Waals surface area contributed by atoms with Crippen LogP contribution in [0.3, 0.4) is 0 Å². The van der Waals surface area contributed by atoms with E-state index in [2.05, 4.69) is 11.1 Å². The molecule has 9 heteroatoms. The molecule has 0 radical (unpaired) electrons. The molecule has 31 heavy (non-hydrogen) atoms. The predicted molar refractivity (Wildman–Crippen MR) is 114 cm³/mol. The van der Waals surface area contributed by atoms with Gasteiger partial charge >= 0.3 is 6.09 Å². The number of aromatic nitrogens is 1. The highest BCUT2D eigenvalue weighted by Crippen LogP contribution is 2.36. The van der Waals surface area contributed by atoms with E-state index in [1.54, 1.807) is 11.8 Å². The number of nitrogens with two attached hydrogens (primary N) is 1. The van der Waals surface area contributed by atoms with Gasteiger partial charge in [-0.2, -0.15) is 5.26 Å². The quantitative estimate of drug-likeness (QED) is 0.711. The molecule has 1 aromatic carbocycles. The van der Waals surface area contributed by atoms with E-state index >= 15 is 0 Å². The number of fused-ring (bicyclic) bond motifs is 1. The Kier molecular flexibility index (Phi) is 8.20. The average molecular weight is 426 g/mol. The summed E-state index contributed by atoms with van der Waals surface area (Å²) in [6.07, 6.45) is 0.268. The van der Waals surface area contributed by atoms with Crippen LogP contribution in [0.15, 0.2) is 24.3 Å². The maximum Gasteiger partial charge on any atom is 0.410 e. The van der Waals surface area contributed by atoms with E-state index in [1.807, 2.05) is 38.1 Å². The van der Waals surface area contributed by atoms with E-state index in [-0.39, 0.29) is 24.5 Å². The van der Waals surface area contributed by atoms with E-state index in [1.165, 1.54) is 0 Å². The summed E-state index contributed by atoms with van der Waals surface area (Å²) in [6, 6.07) is 9.71. The number of benzene rings is 1. The van der Waals surface area contributed by atoms with E-state index in [0.29, 0.717) is 31.7 Å². The van der Waals surface area contributed by atoms with Gasteiger partial charge in [0.15, 0.2) is 0 Å². The summed E-state index contributed by atoms with van der Waals surface area (Å²) in [4.78, 5) is 26.6. The molecule has 0 spiro atoms. The van der Waals surface area contributed by atoms with Crippen molar-refractivity contribution in [3.8, 4) is 22.9 Å². The third-order valence-corrected chi connectivity index (χ3v) is 4.53. The minimum atomic E-state index is -0.366. The Hall–Kier alpha value is -3.80. The van der Waals surface area contributed by atoms with E-state index in [9.17, 15) is 10.1 Å². The monoisotopic (exact) mass is 426 g/mol. The molecule has 1 amide bonds. The van der Waals surface area contributed by atoms with Crippen molar-refractivity contribution in [3.63, 3.8) is 0 Å². The van der Waals surface area contributed by atoms with Crippen molar-refractivity contribution in [2.24, 2.45) is 0 Å². The van der Waals surface area contributed by atoms with Crippen molar-refractivity contribution in [3.05, 3.63) is 41.1 Å². The van der Waals surface area contributed by atoms with Crippen LogP contribution in [0.5, 0.6) is 5.75 Å². The lowest BCUT2D eigenvalue weighted by Crippen LogP contribution is -2.37. The molecule has 3 N–H and O–H groups in total. The molecule has 0 atom stereocenters. The summed E-state index contributed by atoms with van der Waals surface area (Å²) in [5.41, 5.74) is 9.59. The van der Waals surface area contributed by atoms with Gasteiger partial charge in [0.25, 0.3) is 6.47 Å². The van der Waals surface area contributed by atoms with Gasteiger partial charge in [-0.15, -0.1) is 0 Å². The van der Waals surface area contributed by atoms with Gasteiger partial charge in [0.05, 0.1) is 24.9 Å². The minimum absolute atomic E-state index is 0.0722. The van der Waals surface area contributed by atoms with Gasteiger partial charge in [0.1, 0.15) is 23.2 Å². The number of nitrogen functional groups attached to an aromatic ring is 1. The Morgan fingerprint density at radius 1 is 1.39 bits per heavy atom. The molecule has 0 saturated carbocycles. The van der Waals surface area contributed by atoms with E-state index in [0.717, 1.165) is 28.1 Å². The fourth-order valence-electron chi connectivity index (χ4n) is 3.35. The molecule has 0 saturated heterocycles. The lowest BCUT2D eigenvalue weighted by molar-refractivity contribution is -0.122. The summed E-state index contributed by atoms with van der Waals surface area (Å²) >= 11 is 0. The summed E-state index contributed by atoms with van der Waals surface area (Å²) in [6.45, 7) is 6.60. The van der Waals surface area contributed by atoms with Gasteiger partial charge in [0.2, 0.25) is 0 Å². The largest absolute Gasteiger partial charge is 0.491 e. The normalized spacial score (nSPS) is 12.2. The second-order valence-electron chi connectivity index (χ2n) is 6.95. The number of hydrogen-bond donors (Lipinski definition) is 2. The molecule has 0 bridgehead atoms. The molecule has 0 unspecified atom stereocenters. The molecule has 0 aliphatic carbocycles. The van der Waals surface area contributed by atoms with Gasteiger partial charge in [-0.25, -0.2) is 9.78 Å². The number of carboxylic acid groups (broad SMARTS) is 1. The van der Waals surface area contributed by atoms with Gasteiger partial charge in [0, 0.05) is 24.1 Å². The highest BCUT2D eigenvalue weighted by molar-refractivity contribution is 5.80. The number of anilines is 1. The number of carbonyl (C=O) groups is 2. The Balaban J connectivity index is 0.00000107. The zero-order chi connectivity index (χ0) is 23.0. The van der Waals surface area contributed by atoms with Crippen LogP contribution < -0.4 is 10.5 Å². The Bertz CT molecular complexity index is 967. The summed E-state index contributed by atoms with van der Waals surface area (Å²) in [7, 11) is 0. The van der Waals surface area contributed by atoms with Crippen molar-refractivity contribution >= 4 is 18.4 Å². The second kappa shape index (κ2) is 10.8. The van der Waals surface area contributed by atoms with Gasteiger partial charge in [-0.3, -0.25) is 4.79 Å². The molecule has 1 aromatic heterocycles. The number of pyridine rings is 1. The third-order valence-electron chi connectivity index (χ3n) is 4.53. The lowest BCUT2D eigenvalue weighted by atomic mass is 9.91. The van der Waals surface area contributed by atoms with Gasteiger partial charge < -0.3 is 25.2 Å². The van der Waals surface area contributed by atoms with Gasteiger partial charge in [-0.05, 0) is 38.5 Å². The first-order valence-corrected chi connectivity index (χ1v) is 9.84. The predicted octanol–water partition coefficient (Wildman–Crippen LogP) is 3.21. The smallest absolute Gasteiger partial charge is 0.410 e. The zero-order valence-corrected chi connectivity index (χ0v) is 17.8. The van der Waals surface area contributed by atoms with E-state index in [4.69, 9.17) is 25.1 Å². The Labute approximate surface area is 181 Å². The van der Waals surface area contributed by atoms with Crippen molar-refractivity contribution in [2.45, 2.75) is 39.8 Å². The molecular formula is C22H26N4O5. The van der Waals surface area contributed by atoms with Crippen LogP contribution in [-0.4, -0.2) is 46.8 Å². The summed E-state index contributed by atoms with van der Waals surface area (Å²) in [5, 5.41) is 16.6. The fraction of sp³-hybridized carbons (Fsp3) is 0.364. The Morgan fingerprint density at radius 2 is 2.03 bits per heavy atom. The first kappa shape index (κ1) is 23.5.